The van der Waals surface area contributed by atoms with E-state index in [0.29, 0.717) is 68.2 Å². The zero-order valence-electron chi connectivity index (χ0n) is 31.0. The summed E-state index contributed by atoms with van der Waals surface area (Å²) in [7, 11) is -4.33. The molecular weight excluding hydrogens is 728 g/mol. The summed E-state index contributed by atoms with van der Waals surface area (Å²) in [4.78, 5) is 58.8. The van der Waals surface area contributed by atoms with Gasteiger partial charge in [-0.05, 0) is 85.7 Å². The molecule has 1 N–H and O–H groups in total. The minimum absolute atomic E-state index is 0.0653. The lowest BCUT2D eigenvalue weighted by Crippen LogP contribution is -2.37. The van der Waals surface area contributed by atoms with Crippen LogP contribution in [0.15, 0.2) is 65.6 Å². The number of nitrogens with zero attached hydrogens (tertiary/aromatic N) is 5. The molecule has 6 rings (SSSR count). The van der Waals surface area contributed by atoms with Crippen LogP contribution in [-0.4, -0.2) is 77.8 Å². The minimum Gasteiger partial charge on any atom is -0.337 e. The van der Waals surface area contributed by atoms with Crippen molar-refractivity contribution in [1.82, 2.24) is 24.3 Å². The first-order valence-corrected chi connectivity index (χ1v) is 20.2. The normalized spacial score (nSPS) is 13.7. The van der Waals surface area contributed by atoms with E-state index >= 15 is 0 Å². The van der Waals surface area contributed by atoms with Crippen molar-refractivity contribution in [3.05, 3.63) is 105 Å². The summed E-state index contributed by atoms with van der Waals surface area (Å²) in [6.45, 7) is 9.61. The second kappa shape index (κ2) is 16.2. The maximum atomic E-state index is 14.4. The van der Waals surface area contributed by atoms with Gasteiger partial charge < -0.3 is 14.7 Å². The van der Waals surface area contributed by atoms with Crippen molar-refractivity contribution in [2.24, 2.45) is 0 Å². The number of aromatic nitrogens is 2. The Labute approximate surface area is 321 Å². The third-order valence-corrected chi connectivity index (χ3v) is 11.9. The molecule has 2 aliphatic rings. The first-order chi connectivity index (χ1) is 25.8. The Morgan fingerprint density at radius 3 is 2.22 bits per heavy atom. The highest BCUT2D eigenvalue weighted by molar-refractivity contribution is 7.90. The van der Waals surface area contributed by atoms with E-state index in [9.17, 15) is 27.6 Å². The average Bonchev–Trinajstić information content (AvgIpc) is 3.73. The molecule has 14 heteroatoms. The maximum Gasteiger partial charge on any atom is 0.275 e. The molecule has 284 valence electrons. The molecule has 0 saturated carbocycles. The van der Waals surface area contributed by atoms with E-state index in [2.05, 4.69) is 23.7 Å². The summed E-state index contributed by atoms with van der Waals surface area (Å²) < 4.78 is 30.6. The van der Waals surface area contributed by atoms with Crippen LogP contribution in [0.25, 0.3) is 5.69 Å². The molecule has 0 spiro atoms. The SMILES string of the molecule is CCCCN(CCCC)C(=O)c1nn(-c2ccc(C(=O)NS(=O)(=O)c3ccc4c(c3)CCN4C(C)=O)cc2C(=O)N2CCc3ccccc3C2)c(C)c1Cl. The van der Waals surface area contributed by atoms with Crippen molar-refractivity contribution in [2.45, 2.75) is 77.7 Å². The lowest BCUT2D eigenvalue weighted by molar-refractivity contribution is -0.116. The zero-order valence-corrected chi connectivity index (χ0v) is 32.6. The van der Waals surface area contributed by atoms with Gasteiger partial charge in [-0.2, -0.15) is 5.10 Å². The van der Waals surface area contributed by atoms with Crippen LogP contribution in [0.3, 0.4) is 0 Å². The number of unbranched alkanes of at least 4 members (excludes halogenated alkanes) is 2. The van der Waals surface area contributed by atoms with Gasteiger partial charge in [-0.3, -0.25) is 19.2 Å². The van der Waals surface area contributed by atoms with Gasteiger partial charge in [0.2, 0.25) is 5.91 Å². The third-order valence-electron chi connectivity index (χ3n) is 10.1. The van der Waals surface area contributed by atoms with Crippen molar-refractivity contribution < 1.29 is 27.6 Å². The summed E-state index contributed by atoms with van der Waals surface area (Å²) in [5, 5.41) is 4.82. The van der Waals surface area contributed by atoms with Crippen molar-refractivity contribution >= 4 is 50.9 Å². The summed E-state index contributed by atoms with van der Waals surface area (Å²) in [5.41, 5.74) is 4.30. The van der Waals surface area contributed by atoms with E-state index in [-0.39, 0.29) is 38.6 Å². The highest BCUT2D eigenvalue weighted by Gasteiger charge is 2.31. The quantitative estimate of drug-likeness (QED) is 0.183. The number of hydrogen-bond donors (Lipinski definition) is 1. The van der Waals surface area contributed by atoms with Crippen LogP contribution >= 0.6 is 11.6 Å². The van der Waals surface area contributed by atoms with E-state index in [1.54, 1.807) is 27.7 Å². The molecule has 0 bridgehead atoms. The molecule has 0 atom stereocenters. The molecule has 4 amide bonds. The van der Waals surface area contributed by atoms with Crippen molar-refractivity contribution in [3.63, 3.8) is 0 Å². The largest absolute Gasteiger partial charge is 0.337 e. The number of amides is 4. The summed E-state index contributed by atoms with van der Waals surface area (Å²) in [5.74, 6) is -1.77. The smallest absolute Gasteiger partial charge is 0.275 e. The molecule has 1 aromatic heterocycles. The van der Waals surface area contributed by atoms with Gasteiger partial charge >= 0.3 is 0 Å². The number of sulfonamides is 1. The number of hydrogen-bond acceptors (Lipinski definition) is 7. The van der Waals surface area contributed by atoms with E-state index in [0.717, 1.165) is 36.8 Å². The summed E-state index contributed by atoms with van der Waals surface area (Å²) >= 11 is 6.80. The van der Waals surface area contributed by atoms with Gasteiger partial charge in [-0.25, -0.2) is 17.8 Å². The van der Waals surface area contributed by atoms with Gasteiger partial charge in [0.25, 0.3) is 27.7 Å². The number of halogens is 1. The Morgan fingerprint density at radius 2 is 1.54 bits per heavy atom. The Morgan fingerprint density at radius 1 is 0.870 bits per heavy atom. The fourth-order valence-corrected chi connectivity index (χ4v) is 8.23. The van der Waals surface area contributed by atoms with Crippen LogP contribution in [0.2, 0.25) is 5.02 Å². The van der Waals surface area contributed by atoms with Crippen LogP contribution in [0.1, 0.15) is 100 Å². The van der Waals surface area contributed by atoms with Gasteiger partial charge in [0, 0.05) is 50.9 Å². The van der Waals surface area contributed by atoms with E-state index < -0.39 is 21.8 Å². The molecule has 0 radical (unpaired) electrons. The number of anilines is 1. The number of benzene rings is 3. The van der Waals surface area contributed by atoms with Crippen LogP contribution < -0.4 is 9.62 Å². The number of rotatable bonds is 12. The predicted octanol–water partition coefficient (Wildman–Crippen LogP) is 6.10. The topological polar surface area (TPSA) is 142 Å². The van der Waals surface area contributed by atoms with E-state index in [1.807, 2.05) is 24.3 Å². The highest BCUT2D eigenvalue weighted by Crippen LogP contribution is 2.32. The van der Waals surface area contributed by atoms with Crippen molar-refractivity contribution in [3.8, 4) is 5.69 Å². The fourth-order valence-electron chi connectivity index (χ4n) is 7.00. The molecule has 12 nitrogen and oxygen atoms in total. The molecule has 0 unspecified atom stereocenters. The molecule has 2 aliphatic heterocycles. The maximum absolute atomic E-state index is 14.4. The lowest BCUT2D eigenvalue weighted by Gasteiger charge is -2.29. The van der Waals surface area contributed by atoms with Gasteiger partial charge in [0.05, 0.1) is 26.9 Å². The van der Waals surface area contributed by atoms with Crippen LogP contribution in [0.4, 0.5) is 5.69 Å². The van der Waals surface area contributed by atoms with Gasteiger partial charge in [-0.1, -0.05) is 62.6 Å². The second-order valence-electron chi connectivity index (χ2n) is 13.8. The van der Waals surface area contributed by atoms with E-state index in [4.69, 9.17) is 11.6 Å². The highest BCUT2D eigenvalue weighted by atomic mass is 35.5. The predicted molar refractivity (Wildman–Crippen MR) is 207 cm³/mol. The fraction of sp³-hybridized carbons (Fsp3) is 0.375. The Balaban J connectivity index is 1.36. The molecule has 3 heterocycles. The second-order valence-corrected chi connectivity index (χ2v) is 15.8. The number of carbonyl (C=O) groups is 4. The summed E-state index contributed by atoms with van der Waals surface area (Å²) in [6, 6.07) is 16.6. The van der Waals surface area contributed by atoms with Crippen molar-refractivity contribution in [2.75, 3.05) is 31.1 Å². The molecule has 4 aromatic rings. The number of fused-ring (bicyclic) bond motifs is 2. The van der Waals surface area contributed by atoms with Crippen LogP contribution in [0, 0.1) is 6.92 Å². The van der Waals surface area contributed by atoms with Gasteiger partial charge in [0.1, 0.15) is 0 Å². The Bertz CT molecular complexity index is 2230. The Hall–Kier alpha value is -5.01. The molecule has 0 aliphatic carbocycles. The lowest BCUT2D eigenvalue weighted by atomic mass is 9.98. The van der Waals surface area contributed by atoms with Gasteiger partial charge in [0.15, 0.2) is 5.69 Å². The van der Waals surface area contributed by atoms with Gasteiger partial charge in [-0.15, -0.1) is 0 Å². The molecule has 3 aromatic carbocycles. The average molecular weight is 773 g/mol. The molecule has 0 fully saturated rings. The zero-order chi connectivity index (χ0) is 38.7. The first-order valence-electron chi connectivity index (χ1n) is 18.4. The number of carbonyl (C=O) groups excluding carboxylic acids is 4. The monoisotopic (exact) mass is 772 g/mol. The van der Waals surface area contributed by atoms with E-state index in [1.165, 1.54) is 41.9 Å². The standard InChI is InChI=1S/C40H45ClN6O6S/c1-5-7-19-44(20-8-6-2)40(51)37-36(41)26(3)47(42-37)35-15-13-30(24-33(35)39(50)45-21-17-28-11-9-10-12-31(28)25-45)38(49)43-54(52,53)32-14-16-34-29(23-32)18-22-46(34)27(4)48/h9-16,23-24H,5-8,17-22,25H2,1-4H3,(H,43,49). The van der Waals surface area contributed by atoms with Crippen LogP contribution in [0.5, 0.6) is 0 Å². The molecule has 54 heavy (non-hydrogen) atoms. The third kappa shape index (κ3) is 7.78. The molecular formula is C40H45ClN6O6S. The summed E-state index contributed by atoms with van der Waals surface area (Å²) in [6.07, 6.45) is 4.61. The van der Waals surface area contributed by atoms with Crippen molar-refractivity contribution in [1.29, 1.82) is 0 Å². The number of nitrogens with one attached hydrogen (secondary N) is 1. The minimum atomic E-state index is -4.33. The first kappa shape index (κ1) is 38.7. The van der Waals surface area contributed by atoms with Crippen LogP contribution in [-0.2, 0) is 34.2 Å². The Kier molecular flexibility index (Phi) is 11.6. The molecule has 0 saturated heterocycles.